The highest BCUT2D eigenvalue weighted by atomic mass is 32.1. The van der Waals surface area contributed by atoms with Crippen LogP contribution in [0.2, 0.25) is 0 Å². The molecule has 0 N–H and O–H groups in total. The minimum Gasteiger partial charge on any atom is -0.465 e. The molecule has 0 radical (unpaired) electrons. The third-order valence-electron chi connectivity index (χ3n) is 1.90. The molecule has 2 rings (SSSR count). The van der Waals surface area contributed by atoms with Crippen LogP contribution in [0.1, 0.15) is 11.1 Å². The van der Waals surface area contributed by atoms with E-state index in [-0.39, 0.29) is 0 Å². The summed E-state index contributed by atoms with van der Waals surface area (Å²) in [6.07, 6.45) is 1.69. The van der Waals surface area contributed by atoms with E-state index in [1.165, 1.54) is 11.3 Å². The molecule has 2 aromatic rings. The second-order valence-electron chi connectivity index (χ2n) is 2.86. The Bertz CT molecular complexity index is 474. The summed E-state index contributed by atoms with van der Waals surface area (Å²) in [5.74, 6) is 0. The lowest BCUT2D eigenvalue weighted by Crippen LogP contribution is -1.97. The number of thiazole rings is 1. The van der Waals surface area contributed by atoms with Gasteiger partial charge in [0, 0.05) is 17.1 Å². The van der Waals surface area contributed by atoms with Gasteiger partial charge in [-0.1, -0.05) is 29.5 Å². The van der Waals surface area contributed by atoms with Gasteiger partial charge in [-0.3, -0.25) is 0 Å². The fourth-order valence-corrected chi connectivity index (χ4v) is 1.66. The minimum atomic E-state index is 0.386. The van der Waals surface area contributed by atoms with Crippen molar-refractivity contribution in [3.8, 4) is 11.3 Å². The highest BCUT2D eigenvalue weighted by Crippen LogP contribution is 2.16. The SMILES string of the molecule is N#Cc1ccccc1COc1nccs1. The Kier molecular flexibility index (Phi) is 2.96. The molecule has 0 aliphatic rings. The van der Waals surface area contributed by atoms with Gasteiger partial charge in [0.2, 0.25) is 0 Å². The molecule has 1 aromatic carbocycles. The lowest BCUT2D eigenvalue weighted by Gasteiger charge is -2.03. The summed E-state index contributed by atoms with van der Waals surface area (Å²) < 4.78 is 5.43. The molecular formula is C11H8N2OS. The molecule has 74 valence electrons. The van der Waals surface area contributed by atoms with Crippen molar-refractivity contribution in [3.63, 3.8) is 0 Å². The van der Waals surface area contributed by atoms with Crippen LogP contribution in [-0.4, -0.2) is 4.98 Å². The quantitative estimate of drug-likeness (QED) is 0.792. The zero-order valence-corrected chi connectivity index (χ0v) is 8.70. The highest BCUT2D eigenvalue weighted by molar-refractivity contribution is 7.11. The minimum absolute atomic E-state index is 0.386. The van der Waals surface area contributed by atoms with E-state index in [4.69, 9.17) is 10.00 Å². The molecule has 1 aromatic heterocycles. The first kappa shape index (κ1) is 9.69. The fraction of sp³-hybridized carbons (Fsp3) is 0.0909. The summed E-state index contributed by atoms with van der Waals surface area (Å²) in [6, 6.07) is 9.52. The molecule has 0 atom stereocenters. The van der Waals surface area contributed by atoms with Crippen molar-refractivity contribution in [2.45, 2.75) is 6.61 Å². The average molecular weight is 216 g/mol. The maximum absolute atomic E-state index is 8.86. The Morgan fingerprint density at radius 1 is 1.40 bits per heavy atom. The summed E-state index contributed by atoms with van der Waals surface area (Å²) in [5, 5.41) is 11.3. The van der Waals surface area contributed by atoms with Gasteiger partial charge in [-0.2, -0.15) is 5.26 Å². The molecule has 1 heterocycles. The van der Waals surface area contributed by atoms with E-state index >= 15 is 0 Å². The van der Waals surface area contributed by atoms with E-state index in [0.29, 0.717) is 17.4 Å². The Balaban J connectivity index is 2.08. The van der Waals surface area contributed by atoms with Gasteiger partial charge in [-0.05, 0) is 6.07 Å². The summed E-state index contributed by atoms with van der Waals surface area (Å²) in [6.45, 7) is 0.386. The van der Waals surface area contributed by atoms with Crippen LogP contribution in [-0.2, 0) is 6.61 Å². The molecule has 0 saturated heterocycles. The maximum Gasteiger partial charge on any atom is 0.273 e. The van der Waals surface area contributed by atoms with Crippen LogP contribution in [0, 0.1) is 11.3 Å². The Hall–Kier alpha value is -1.86. The number of hydrogen-bond acceptors (Lipinski definition) is 4. The smallest absolute Gasteiger partial charge is 0.273 e. The van der Waals surface area contributed by atoms with Crippen molar-refractivity contribution in [2.75, 3.05) is 0 Å². The van der Waals surface area contributed by atoms with E-state index in [1.807, 2.05) is 23.6 Å². The van der Waals surface area contributed by atoms with Gasteiger partial charge >= 0.3 is 0 Å². The number of hydrogen-bond donors (Lipinski definition) is 0. The van der Waals surface area contributed by atoms with Crippen LogP contribution in [0.4, 0.5) is 0 Å². The van der Waals surface area contributed by atoms with Crippen LogP contribution < -0.4 is 4.74 Å². The van der Waals surface area contributed by atoms with E-state index < -0.39 is 0 Å². The maximum atomic E-state index is 8.86. The van der Waals surface area contributed by atoms with Crippen LogP contribution >= 0.6 is 11.3 Å². The number of nitriles is 1. The molecular weight excluding hydrogens is 208 g/mol. The average Bonchev–Trinajstić information content (AvgIpc) is 2.79. The third kappa shape index (κ3) is 2.33. The molecule has 0 unspecified atom stereocenters. The van der Waals surface area contributed by atoms with Crippen LogP contribution in [0.25, 0.3) is 0 Å². The first-order valence-corrected chi connectivity index (χ1v) is 5.28. The van der Waals surface area contributed by atoms with E-state index in [2.05, 4.69) is 11.1 Å². The standard InChI is InChI=1S/C11H8N2OS/c12-7-9-3-1-2-4-10(9)8-14-11-13-5-6-15-11/h1-6H,8H2. The van der Waals surface area contributed by atoms with Gasteiger partial charge < -0.3 is 4.74 Å². The number of rotatable bonds is 3. The van der Waals surface area contributed by atoms with Gasteiger partial charge in [-0.25, -0.2) is 4.98 Å². The molecule has 3 nitrogen and oxygen atoms in total. The Morgan fingerprint density at radius 2 is 2.27 bits per heavy atom. The van der Waals surface area contributed by atoms with Crippen molar-refractivity contribution < 1.29 is 4.74 Å². The Labute approximate surface area is 91.6 Å². The predicted octanol–water partition coefficient (Wildman–Crippen LogP) is 2.59. The summed E-state index contributed by atoms with van der Waals surface area (Å²) in [5.41, 5.74) is 1.53. The van der Waals surface area contributed by atoms with Crippen molar-refractivity contribution in [1.29, 1.82) is 5.26 Å². The van der Waals surface area contributed by atoms with Crippen LogP contribution in [0.5, 0.6) is 5.19 Å². The highest BCUT2D eigenvalue weighted by Gasteiger charge is 2.02. The number of ether oxygens (including phenoxy) is 1. The second-order valence-corrected chi connectivity index (χ2v) is 3.71. The molecule has 0 amide bonds. The lowest BCUT2D eigenvalue weighted by molar-refractivity contribution is 0.304. The number of benzene rings is 1. The van der Waals surface area contributed by atoms with Crippen molar-refractivity contribution in [2.24, 2.45) is 0 Å². The van der Waals surface area contributed by atoms with Crippen molar-refractivity contribution in [3.05, 3.63) is 47.0 Å². The molecule has 0 saturated carbocycles. The molecule has 0 spiro atoms. The second kappa shape index (κ2) is 4.58. The van der Waals surface area contributed by atoms with Crippen LogP contribution in [0.3, 0.4) is 0 Å². The largest absolute Gasteiger partial charge is 0.465 e. The van der Waals surface area contributed by atoms with E-state index in [1.54, 1.807) is 12.3 Å². The van der Waals surface area contributed by atoms with E-state index in [9.17, 15) is 0 Å². The zero-order chi connectivity index (χ0) is 10.5. The molecule has 15 heavy (non-hydrogen) atoms. The Morgan fingerprint density at radius 3 is 3.00 bits per heavy atom. The van der Waals surface area contributed by atoms with Crippen LogP contribution in [0.15, 0.2) is 35.8 Å². The third-order valence-corrected chi connectivity index (χ3v) is 2.58. The summed E-state index contributed by atoms with van der Waals surface area (Å²) in [4.78, 5) is 4.00. The lowest BCUT2D eigenvalue weighted by atomic mass is 10.1. The fourth-order valence-electron chi connectivity index (χ4n) is 1.18. The first-order chi connectivity index (χ1) is 7.40. The number of aromatic nitrogens is 1. The van der Waals surface area contributed by atoms with Crippen molar-refractivity contribution >= 4 is 11.3 Å². The molecule has 0 fully saturated rings. The normalized spacial score (nSPS) is 9.53. The zero-order valence-electron chi connectivity index (χ0n) is 7.88. The predicted molar refractivity (Wildman–Crippen MR) is 57.6 cm³/mol. The molecule has 0 aliphatic carbocycles. The molecule has 4 heteroatoms. The van der Waals surface area contributed by atoms with Gasteiger partial charge in [-0.15, -0.1) is 0 Å². The van der Waals surface area contributed by atoms with Gasteiger partial charge in [0.25, 0.3) is 5.19 Å². The summed E-state index contributed by atoms with van der Waals surface area (Å²) >= 11 is 1.44. The van der Waals surface area contributed by atoms with Gasteiger partial charge in [0.15, 0.2) is 0 Å². The topological polar surface area (TPSA) is 45.9 Å². The van der Waals surface area contributed by atoms with Crippen molar-refractivity contribution in [1.82, 2.24) is 4.98 Å². The van der Waals surface area contributed by atoms with Gasteiger partial charge in [0.05, 0.1) is 11.6 Å². The van der Waals surface area contributed by atoms with E-state index in [0.717, 1.165) is 5.56 Å². The number of nitrogens with zero attached hydrogens (tertiary/aromatic N) is 2. The summed E-state index contributed by atoms with van der Waals surface area (Å²) in [7, 11) is 0. The monoisotopic (exact) mass is 216 g/mol. The molecule has 0 aliphatic heterocycles. The van der Waals surface area contributed by atoms with Gasteiger partial charge in [0.1, 0.15) is 6.61 Å². The molecule has 0 bridgehead atoms. The first-order valence-electron chi connectivity index (χ1n) is 4.40.